The Morgan fingerprint density at radius 3 is 2.57 bits per heavy atom. The normalized spacial score (nSPS) is 11.5. The molecule has 0 saturated heterocycles. The topological polar surface area (TPSA) is 17.8 Å². The maximum Gasteiger partial charge on any atom is 0.129 e. The number of alkyl halides is 1. The van der Waals surface area contributed by atoms with Crippen molar-refractivity contribution in [2.24, 2.45) is 0 Å². The summed E-state index contributed by atoms with van der Waals surface area (Å²) in [5.41, 5.74) is 4.14. The molecule has 1 heterocycles. The molecule has 4 heteroatoms. The van der Waals surface area contributed by atoms with Gasteiger partial charge >= 0.3 is 0 Å². The molecule has 0 amide bonds. The Morgan fingerprint density at radius 2 is 1.86 bits per heavy atom. The summed E-state index contributed by atoms with van der Waals surface area (Å²) in [6.07, 6.45) is 0. The number of aromatic nitrogens is 2. The molecule has 1 aromatic heterocycles. The Morgan fingerprint density at radius 1 is 1.10 bits per heavy atom. The molecule has 0 fully saturated rings. The van der Waals surface area contributed by atoms with E-state index in [0.29, 0.717) is 16.8 Å². The van der Waals surface area contributed by atoms with Crippen molar-refractivity contribution in [1.82, 2.24) is 9.55 Å². The summed E-state index contributed by atoms with van der Waals surface area (Å²) in [5.74, 6) is 1.56. The number of hydrogen-bond acceptors (Lipinski definition) is 1. The maximum absolute atomic E-state index is 6.41. The van der Waals surface area contributed by atoms with Gasteiger partial charge in [-0.05, 0) is 29.7 Å². The molecule has 3 rings (SSSR count). The molecule has 0 unspecified atom stereocenters. The molecule has 21 heavy (non-hydrogen) atoms. The zero-order valence-electron chi connectivity index (χ0n) is 12.0. The van der Waals surface area contributed by atoms with E-state index in [1.807, 2.05) is 24.3 Å². The van der Waals surface area contributed by atoms with Crippen molar-refractivity contribution < 1.29 is 0 Å². The van der Waals surface area contributed by atoms with Crippen molar-refractivity contribution in [1.29, 1.82) is 0 Å². The average molecular weight is 319 g/mol. The van der Waals surface area contributed by atoms with Crippen molar-refractivity contribution in [2.75, 3.05) is 0 Å². The minimum atomic E-state index is 0.345. The van der Waals surface area contributed by atoms with Crippen molar-refractivity contribution >= 4 is 34.2 Å². The summed E-state index contributed by atoms with van der Waals surface area (Å²) in [5, 5.41) is 0.690. The first-order chi connectivity index (χ1) is 10.1. The van der Waals surface area contributed by atoms with E-state index in [1.165, 1.54) is 5.56 Å². The Bertz CT molecular complexity index is 791. The number of benzene rings is 2. The lowest BCUT2D eigenvalue weighted by Crippen LogP contribution is -2.04. The van der Waals surface area contributed by atoms with E-state index in [-0.39, 0.29) is 0 Å². The molecule has 0 spiro atoms. The SMILES string of the molecule is CC(C)c1ccccc1-n1c(CCl)nc2cccc(Cl)c21. The van der Waals surface area contributed by atoms with Crippen LogP contribution in [0.5, 0.6) is 0 Å². The fourth-order valence-corrected chi connectivity index (χ4v) is 3.10. The van der Waals surface area contributed by atoms with Crippen LogP contribution in [-0.2, 0) is 5.88 Å². The van der Waals surface area contributed by atoms with Crippen LogP contribution in [0.25, 0.3) is 16.7 Å². The minimum Gasteiger partial charge on any atom is -0.294 e. The van der Waals surface area contributed by atoms with Crippen molar-refractivity contribution in [3.8, 4) is 5.69 Å². The average Bonchev–Trinajstić information content (AvgIpc) is 2.87. The highest BCUT2D eigenvalue weighted by Crippen LogP contribution is 2.32. The standard InChI is InChI=1S/C17H16Cl2N2/c1-11(2)12-6-3-4-9-15(12)21-16(10-18)20-14-8-5-7-13(19)17(14)21/h3-9,11H,10H2,1-2H3. The Hall–Kier alpha value is -1.51. The van der Waals surface area contributed by atoms with Gasteiger partial charge in [-0.3, -0.25) is 4.57 Å². The fourth-order valence-electron chi connectivity index (χ4n) is 2.66. The van der Waals surface area contributed by atoms with Crippen molar-refractivity contribution in [2.45, 2.75) is 25.6 Å². The number of para-hydroxylation sites is 2. The third-order valence-corrected chi connectivity index (χ3v) is 4.16. The number of fused-ring (bicyclic) bond motifs is 1. The predicted octanol–water partition coefficient (Wildman–Crippen LogP) is 5.54. The highest BCUT2D eigenvalue weighted by atomic mass is 35.5. The predicted molar refractivity (Wildman–Crippen MR) is 89.7 cm³/mol. The number of halogens is 2. The molecule has 0 bridgehead atoms. The third kappa shape index (κ3) is 2.43. The molecule has 3 aromatic rings. The van der Waals surface area contributed by atoms with E-state index < -0.39 is 0 Å². The number of rotatable bonds is 3. The van der Waals surface area contributed by atoms with Crippen LogP contribution in [0.2, 0.25) is 5.02 Å². The Kier molecular flexibility index (Phi) is 3.92. The van der Waals surface area contributed by atoms with Gasteiger partial charge in [0.05, 0.1) is 27.6 Å². The van der Waals surface area contributed by atoms with Crippen LogP contribution in [0.4, 0.5) is 0 Å². The van der Waals surface area contributed by atoms with E-state index >= 15 is 0 Å². The summed E-state index contributed by atoms with van der Waals surface area (Å²) >= 11 is 12.5. The van der Waals surface area contributed by atoms with Crippen LogP contribution in [0, 0.1) is 0 Å². The third-order valence-electron chi connectivity index (χ3n) is 3.62. The molecule has 0 saturated carbocycles. The van der Waals surface area contributed by atoms with Gasteiger partial charge in [0.2, 0.25) is 0 Å². The lowest BCUT2D eigenvalue weighted by molar-refractivity contribution is 0.841. The maximum atomic E-state index is 6.41. The Balaban J connectivity index is 2.40. The first-order valence-electron chi connectivity index (χ1n) is 6.94. The molecule has 0 aliphatic heterocycles. The fraction of sp³-hybridized carbons (Fsp3) is 0.235. The van der Waals surface area contributed by atoms with Gasteiger partial charge < -0.3 is 0 Å². The highest BCUT2D eigenvalue weighted by Gasteiger charge is 2.17. The van der Waals surface area contributed by atoms with E-state index in [1.54, 1.807) is 0 Å². The van der Waals surface area contributed by atoms with Crippen LogP contribution in [0.1, 0.15) is 31.2 Å². The second kappa shape index (κ2) is 5.70. The van der Waals surface area contributed by atoms with Gasteiger partial charge in [-0.2, -0.15) is 0 Å². The number of hydrogen-bond donors (Lipinski definition) is 0. The second-order valence-electron chi connectivity index (χ2n) is 5.32. The van der Waals surface area contributed by atoms with Gasteiger partial charge in [0, 0.05) is 0 Å². The quantitative estimate of drug-likeness (QED) is 0.579. The van der Waals surface area contributed by atoms with E-state index in [2.05, 4.69) is 41.6 Å². The van der Waals surface area contributed by atoms with Gasteiger partial charge in [0.1, 0.15) is 5.82 Å². The summed E-state index contributed by atoms with van der Waals surface area (Å²) in [7, 11) is 0. The summed E-state index contributed by atoms with van der Waals surface area (Å²) < 4.78 is 2.08. The number of imidazole rings is 1. The first-order valence-corrected chi connectivity index (χ1v) is 7.86. The smallest absolute Gasteiger partial charge is 0.129 e. The zero-order chi connectivity index (χ0) is 15.0. The Labute approximate surface area is 134 Å². The summed E-state index contributed by atoms with van der Waals surface area (Å²) in [6, 6.07) is 14.1. The van der Waals surface area contributed by atoms with E-state index in [4.69, 9.17) is 23.2 Å². The molecule has 108 valence electrons. The summed E-state index contributed by atoms with van der Waals surface area (Å²) in [4.78, 5) is 4.62. The van der Waals surface area contributed by atoms with Crippen molar-refractivity contribution in [3.05, 3.63) is 58.9 Å². The molecule has 0 radical (unpaired) electrons. The minimum absolute atomic E-state index is 0.345. The van der Waals surface area contributed by atoms with Gasteiger partial charge in [-0.25, -0.2) is 4.98 Å². The highest BCUT2D eigenvalue weighted by molar-refractivity contribution is 6.35. The zero-order valence-corrected chi connectivity index (χ0v) is 13.5. The second-order valence-corrected chi connectivity index (χ2v) is 5.99. The molecule has 2 aromatic carbocycles. The molecular weight excluding hydrogens is 303 g/mol. The van der Waals surface area contributed by atoms with Crippen LogP contribution in [0.15, 0.2) is 42.5 Å². The summed E-state index contributed by atoms with van der Waals surface area (Å²) in [6.45, 7) is 4.36. The van der Waals surface area contributed by atoms with Crippen LogP contribution in [-0.4, -0.2) is 9.55 Å². The van der Waals surface area contributed by atoms with Crippen molar-refractivity contribution in [3.63, 3.8) is 0 Å². The first kappa shape index (κ1) is 14.4. The van der Waals surface area contributed by atoms with E-state index in [0.717, 1.165) is 22.5 Å². The van der Waals surface area contributed by atoms with Gasteiger partial charge in [0.25, 0.3) is 0 Å². The molecule has 0 aliphatic carbocycles. The molecule has 0 aliphatic rings. The molecular formula is C17H16Cl2N2. The lowest BCUT2D eigenvalue weighted by atomic mass is 10.0. The molecule has 0 atom stereocenters. The van der Waals surface area contributed by atoms with E-state index in [9.17, 15) is 0 Å². The van der Waals surface area contributed by atoms with Gasteiger partial charge in [-0.15, -0.1) is 11.6 Å². The number of nitrogens with zero attached hydrogens (tertiary/aromatic N) is 2. The van der Waals surface area contributed by atoms with Gasteiger partial charge in [-0.1, -0.05) is 49.7 Å². The lowest BCUT2D eigenvalue weighted by Gasteiger charge is -2.16. The molecule has 0 N–H and O–H groups in total. The van der Waals surface area contributed by atoms with Crippen LogP contribution >= 0.6 is 23.2 Å². The van der Waals surface area contributed by atoms with Crippen LogP contribution < -0.4 is 0 Å². The van der Waals surface area contributed by atoms with Crippen LogP contribution in [0.3, 0.4) is 0 Å². The molecule has 2 nitrogen and oxygen atoms in total. The largest absolute Gasteiger partial charge is 0.294 e. The monoisotopic (exact) mass is 318 g/mol. The van der Waals surface area contributed by atoms with Gasteiger partial charge in [0.15, 0.2) is 0 Å².